The monoisotopic (exact) mass is 687 g/mol. The highest BCUT2D eigenvalue weighted by atomic mass is 79.9. The third-order valence-corrected chi connectivity index (χ3v) is 8.56. The van der Waals surface area contributed by atoms with E-state index in [1.165, 1.54) is 54.3 Å². The number of hydrogen-bond donors (Lipinski definition) is 1. The van der Waals surface area contributed by atoms with Crippen LogP contribution in [0.15, 0.2) is 99.3 Å². The van der Waals surface area contributed by atoms with Crippen molar-refractivity contribution in [2.24, 2.45) is 4.99 Å². The summed E-state index contributed by atoms with van der Waals surface area (Å²) in [6, 6.07) is 24.9. The summed E-state index contributed by atoms with van der Waals surface area (Å²) in [5.41, 5.74) is 5.02. The molecular formula is C35H31BrFN3O4S. The summed E-state index contributed by atoms with van der Waals surface area (Å²) in [7, 11) is 1.50. The minimum absolute atomic E-state index is 0.193. The van der Waals surface area contributed by atoms with Gasteiger partial charge in [0.05, 0.1) is 27.9 Å². The van der Waals surface area contributed by atoms with Crippen molar-refractivity contribution in [1.82, 2.24) is 0 Å². The fourth-order valence-corrected chi connectivity index (χ4v) is 6.13. The van der Waals surface area contributed by atoms with Gasteiger partial charge in [-0.05, 0) is 124 Å². The quantitative estimate of drug-likeness (QED) is 0.169. The molecule has 0 atom stereocenters. The number of thioether (sulfide) groups is 1. The molecule has 5 rings (SSSR count). The third kappa shape index (κ3) is 7.82. The van der Waals surface area contributed by atoms with E-state index in [0.29, 0.717) is 37.3 Å². The maximum absolute atomic E-state index is 13.8. The Balaban J connectivity index is 1.40. The van der Waals surface area contributed by atoms with Crippen molar-refractivity contribution in [2.45, 2.75) is 26.7 Å². The lowest BCUT2D eigenvalue weighted by Gasteiger charge is -2.16. The SMILES string of the molecule is CCc1ccc(N=C2S/C(=C\c3cc(Br)c(OCC(=O)Nc4ccc(F)cc4)c(OC)c3)C(=O)N2c2ccc(CC)cc2)cc1. The Hall–Kier alpha value is -4.41. The van der Waals surface area contributed by atoms with Crippen LogP contribution >= 0.6 is 27.7 Å². The van der Waals surface area contributed by atoms with Gasteiger partial charge in [-0.1, -0.05) is 38.1 Å². The molecule has 0 radical (unpaired) electrons. The number of aliphatic imine (C=N–C) groups is 1. The minimum Gasteiger partial charge on any atom is -0.493 e. The van der Waals surface area contributed by atoms with Crippen LogP contribution in [0.5, 0.6) is 11.5 Å². The summed E-state index contributed by atoms with van der Waals surface area (Å²) in [4.78, 5) is 33.2. The molecule has 7 nitrogen and oxygen atoms in total. The van der Waals surface area contributed by atoms with E-state index in [1.54, 1.807) is 23.1 Å². The zero-order chi connectivity index (χ0) is 31.9. The van der Waals surface area contributed by atoms with E-state index in [4.69, 9.17) is 14.5 Å². The number of carbonyl (C=O) groups is 2. The second-order valence-corrected chi connectivity index (χ2v) is 11.9. The van der Waals surface area contributed by atoms with Gasteiger partial charge in [0.15, 0.2) is 23.3 Å². The molecule has 1 saturated heterocycles. The van der Waals surface area contributed by atoms with Crippen molar-refractivity contribution in [1.29, 1.82) is 0 Å². The number of nitrogens with zero attached hydrogens (tertiary/aromatic N) is 2. The molecule has 0 bridgehead atoms. The number of rotatable bonds is 10. The molecule has 1 N–H and O–H groups in total. The molecule has 45 heavy (non-hydrogen) atoms. The molecule has 0 unspecified atom stereocenters. The number of aryl methyl sites for hydroxylation is 2. The van der Waals surface area contributed by atoms with Gasteiger partial charge >= 0.3 is 0 Å². The zero-order valence-corrected chi connectivity index (χ0v) is 27.4. The number of anilines is 2. The fraction of sp³-hybridized carbons (Fsp3) is 0.171. The Kier molecular flexibility index (Phi) is 10.4. The second-order valence-electron chi connectivity index (χ2n) is 10.1. The van der Waals surface area contributed by atoms with Gasteiger partial charge in [0.1, 0.15) is 5.82 Å². The number of carbonyl (C=O) groups excluding carboxylic acids is 2. The molecule has 1 aliphatic heterocycles. The van der Waals surface area contributed by atoms with Crippen LogP contribution in [0.2, 0.25) is 0 Å². The molecule has 1 heterocycles. The van der Waals surface area contributed by atoms with Crippen molar-refractivity contribution >= 4 is 67.8 Å². The molecule has 0 aromatic heterocycles. The highest BCUT2D eigenvalue weighted by molar-refractivity contribution is 9.10. The lowest BCUT2D eigenvalue weighted by molar-refractivity contribution is -0.118. The largest absolute Gasteiger partial charge is 0.493 e. The van der Waals surface area contributed by atoms with Gasteiger partial charge in [-0.15, -0.1) is 0 Å². The average molecular weight is 689 g/mol. The van der Waals surface area contributed by atoms with Gasteiger partial charge in [0, 0.05) is 5.69 Å². The summed E-state index contributed by atoms with van der Waals surface area (Å²) < 4.78 is 25.1. The summed E-state index contributed by atoms with van der Waals surface area (Å²) in [6.45, 7) is 3.89. The van der Waals surface area contributed by atoms with E-state index in [0.717, 1.165) is 24.2 Å². The number of halogens is 2. The van der Waals surface area contributed by atoms with E-state index in [9.17, 15) is 14.0 Å². The Bertz CT molecular complexity index is 1760. The van der Waals surface area contributed by atoms with Crippen LogP contribution in [0.4, 0.5) is 21.5 Å². The van der Waals surface area contributed by atoms with Crippen LogP contribution < -0.4 is 19.7 Å². The molecular weight excluding hydrogens is 657 g/mol. The lowest BCUT2D eigenvalue weighted by atomic mass is 10.1. The van der Waals surface area contributed by atoms with Gasteiger partial charge < -0.3 is 14.8 Å². The standard InChI is InChI=1S/C35H31BrFN3O4S/c1-4-22-6-12-27(13-7-22)39-35-40(28-16-8-23(5-2)9-17-28)34(42)31(45-35)20-24-18-29(36)33(30(19-24)43-3)44-21-32(41)38-26-14-10-25(37)11-15-26/h6-20H,4-5,21H2,1-3H3,(H,38,41)/b31-20-,39-35?. The van der Waals surface area contributed by atoms with Gasteiger partial charge in [-0.3, -0.25) is 14.5 Å². The second kappa shape index (κ2) is 14.6. The van der Waals surface area contributed by atoms with Crippen LogP contribution in [-0.4, -0.2) is 30.7 Å². The molecule has 0 saturated carbocycles. The van der Waals surface area contributed by atoms with Crippen molar-refractivity contribution in [2.75, 3.05) is 23.9 Å². The number of nitrogens with one attached hydrogen (secondary N) is 1. The van der Waals surface area contributed by atoms with Crippen molar-refractivity contribution in [3.05, 3.63) is 117 Å². The molecule has 230 valence electrons. The summed E-state index contributed by atoms with van der Waals surface area (Å²) in [5.74, 6) is -0.305. The number of benzene rings is 4. The van der Waals surface area contributed by atoms with Gasteiger partial charge in [-0.25, -0.2) is 9.38 Å². The molecule has 10 heteroatoms. The van der Waals surface area contributed by atoms with E-state index >= 15 is 0 Å². The molecule has 0 aliphatic carbocycles. The van der Waals surface area contributed by atoms with Crippen molar-refractivity contribution < 1.29 is 23.5 Å². The number of ether oxygens (including phenoxy) is 2. The molecule has 1 fully saturated rings. The van der Waals surface area contributed by atoms with Gasteiger partial charge in [0.25, 0.3) is 11.8 Å². The molecule has 1 aliphatic rings. The Labute approximate surface area is 274 Å². The maximum atomic E-state index is 13.8. The molecule has 4 aromatic carbocycles. The zero-order valence-electron chi connectivity index (χ0n) is 25.0. The first-order chi connectivity index (χ1) is 21.8. The Morgan fingerprint density at radius 1 is 0.978 bits per heavy atom. The van der Waals surface area contributed by atoms with Gasteiger partial charge in [-0.2, -0.15) is 0 Å². The Morgan fingerprint density at radius 2 is 1.62 bits per heavy atom. The first-order valence-electron chi connectivity index (χ1n) is 14.3. The normalized spacial score (nSPS) is 14.7. The fourth-order valence-electron chi connectivity index (χ4n) is 4.56. The maximum Gasteiger partial charge on any atom is 0.271 e. The highest BCUT2D eigenvalue weighted by Gasteiger charge is 2.35. The minimum atomic E-state index is -0.419. The molecule has 4 aromatic rings. The first-order valence-corrected chi connectivity index (χ1v) is 15.9. The van der Waals surface area contributed by atoms with Crippen LogP contribution in [0, 0.1) is 5.82 Å². The van der Waals surface area contributed by atoms with Gasteiger partial charge in [0.2, 0.25) is 0 Å². The smallest absolute Gasteiger partial charge is 0.271 e. The van der Waals surface area contributed by atoms with Crippen molar-refractivity contribution in [3.63, 3.8) is 0 Å². The number of amides is 2. The van der Waals surface area contributed by atoms with E-state index in [2.05, 4.69) is 35.1 Å². The average Bonchev–Trinajstić information content (AvgIpc) is 3.35. The third-order valence-electron chi connectivity index (χ3n) is 7.00. The number of hydrogen-bond acceptors (Lipinski definition) is 6. The number of amidine groups is 1. The highest BCUT2D eigenvalue weighted by Crippen LogP contribution is 2.41. The summed E-state index contributed by atoms with van der Waals surface area (Å²) >= 11 is 4.82. The summed E-state index contributed by atoms with van der Waals surface area (Å²) in [5, 5.41) is 3.21. The lowest BCUT2D eigenvalue weighted by Crippen LogP contribution is -2.28. The molecule has 2 amide bonds. The van der Waals surface area contributed by atoms with Crippen LogP contribution in [0.1, 0.15) is 30.5 Å². The summed E-state index contributed by atoms with van der Waals surface area (Å²) in [6.07, 6.45) is 3.61. The first kappa shape index (κ1) is 32.0. The van der Waals surface area contributed by atoms with Crippen molar-refractivity contribution in [3.8, 4) is 11.5 Å². The number of methoxy groups -OCH3 is 1. The van der Waals surface area contributed by atoms with E-state index in [1.807, 2.05) is 48.5 Å². The molecule has 0 spiro atoms. The van der Waals surface area contributed by atoms with Crippen LogP contribution in [0.3, 0.4) is 0 Å². The predicted octanol–water partition coefficient (Wildman–Crippen LogP) is 8.55. The Morgan fingerprint density at radius 3 is 2.24 bits per heavy atom. The topological polar surface area (TPSA) is 80.2 Å². The predicted molar refractivity (Wildman–Crippen MR) is 183 cm³/mol. The van der Waals surface area contributed by atoms with E-state index in [-0.39, 0.29) is 12.5 Å². The van der Waals surface area contributed by atoms with E-state index < -0.39 is 11.7 Å². The van der Waals surface area contributed by atoms with Crippen LogP contribution in [0.25, 0.3) is 6.08 Å². The van der Waals surface area contributed by atoms with Crippen LogP contribution in [-0.2, 0) is 22.4 Å².